The Bertz CT molecular complexity index is 1290. The topological polar surface area (TPSA) is 95.9 Å². The van der Waals surface area contributed by atoms with Gasteiger partial charge < -0.3 is 14.7 Å². The molecule has 1 aliphatic heterocycles. The predicted octanol–water partition coefficient (Wildman–Crippen LogP) is 4.79. The third-order valence-electron chi connectivity index (χ3n) is 6.16. The minimum absolute atomic E-state index is 0.0456. The van der Waals surface area contributed by atoms with Gasteiger partial charge in [-0.05, 0) is 40.5 Å². The summed E-state index contributed by atoms with van der Waals surface area (Å²) in [5.74, 6) is -2.13. The number of hydrogen-bond acceptors (Lipinski definition) is 5. The van der Waals surface area contributed by atoms with Crippen molar-refractivity contribution >= 4 is 35.4 Å². The van der Waals surface area contributed by atoms with Gasteiger partial charge in [0.25, 0.3) is 5.91 Å². The highest BCUT2D eigenvalue weighted by Gasteiger charge is 2.35. The van der Waals surface area contributed by atoms with Crippen LogP contribution in [-0.2, 0) is 9.53 Å². The maximum absolute atomic E-state index is 14.3. The Balaban J connectivity index is 1.28. The lowest BCUT2D eigenvalue weighted by Gasteiger charge is -2.21. The van der Waals surface area contributed by atoms with Crippen molar-refractivity contribution in [3.63, 3.8) is 0 Å². The van der Waals surface area contributed by atoms with E-state index >= 15 is 0 Å². The van der Waals surface area contributed by atoms with Crippen LogP contribution in [0.5, 0.6) is 0 Å². The van der Waals surface area contributed by atoms with Crippen LogP contribution in [0.4, 0.5) is 14.9 Å². The van der Waals surface area contributed by atoms with E-state index in [2.05, 4.69) is 5.32 Å². The molecule has 0 saturated carbocycles. The van der Waals surface area contributed by atoms with Crippen molar-refractivity contribution in [2.45, 2.75) is 12.0 Å². The third-order valence-corrected chi connectivity index (χ3v) is 7.18. The number of carboxylic acids is 1. The van der Waals surface area contributed by atoms with Gasteiger partial charge in [0.05, 0.1) is 5.88 Å². The Morgan fingerprint density at radius 3 is 2.34 bits per heavy atom. The van der Waals surface area contributed by atoms with Crippen molar-refractivity contribution in [1.29, 1.82) is 0 Å². The molecule has 9 heteroatoms. The summed E-state index contributed by atoms with van der Waals surface area (Å²) in [6.45, 7) is 0.0895. The molecule has 1 aliphatic carbocycles. The van der Waals surface area contributed by atoms with Gasteiger partial charge >= 0.3 is 12.1 Å². The number of ether oxygens (including phenoxy) is 1. The summed E-state index contributed by atoms with van der Waals surface area (Å²) < 4.78 is 19.7. The van der Waals surface area contributed by atoms with Gasteiger partial charge in [-0.1, -0.05) is 48.5 Å². The highest BCUT2D eigenvalue weighted by atomic mass is 32.2. The van der Waals surface area contributed by atoms with E-state index in [-0.39, 0.29) is 35.4 Å². The summed E-state index contributed by atoms with van der Waals surface area (Å²) in [4.78, 5) is 38.0. The molecule has 178 valence electrons. The Labute approximate surface area is 204 Å². The first kappa shape index (κ1) is 22.9. The lowest BCUT2D eigenvalue weighted by Crippen LogP contribution is -2.41. The van der Waals surface area contributed by atoms with Crippen LogP contribution < -0.4 is 5.32 Å². The molecular formula is C26H21FN2O5S. The number of anilines is 1. The van der Waals surface area contributed by atoms with E-state index < -0.39 is 29.8 Å². The molecule has 0 unspecified atom stereocenters. The fraction of sp³-hybridized carbons (Fsp3) is 0.192. The van der Waals surface area contributed by atoms with E-state index in [1.54, 1.807) is 0 Å². The molecule has 7 nitrogen and oxygen atoms in total. The minimum atomic E-state index is -1.11. The van der Waals surface area contributed by atoms with Gasteiger partial charge in [-0.25, -0.2) is 14.0 Å². The first-order valence-corrected chi connectivity index (χ1v) is 12.1. The third kappa shape index (κ3) is 4.46. The molecule has 2 amide bonds. The number of nitrogens with one attached hydrogen (secondary N) is 1. The van der Waals surface area contributed by atoms with E-state index in [1.165, 1.54) is 22.7 Å². The Morgan fingerprint density at radius 1 is 1.03 bits per heavy atom. The molecule has 5 rings (SSSR count). The summed E-state index contributed by atoms with van der Waals surface area (Å²) >= 11 is 1.31. The van der Waals surface area contributed by atoms with Gasteiger partial charge in [-0.15, -0.1) is 11.8 Å². The van der Waals surface area contributed by atoms with E-state index in [0.717, 1.165) is 34.4 Å². The van der Waals surface area contributed by atoms with Crippen molar-refractivity contribution in [3.8, 4) is 11.1 Å². The van der Waals surface area contributed by atoms with E-state index in [1.807, 2.05) is 48.5 Å². The van der Waals surface area contributed by atoms with Crippen LogP contribution in [0.3, 0.4) is 0 Å². The van der Waals surface area contributed by atoms with Crippen LogP contribution in [-0.4, -0.2) is 52.3 Å². The molecule has 1 saturated heterocycles. The number of amides is 2. The second kappa shape index (κ2) is 9.42. The zero-order chi connectivity index (χ0) is 24.5. The van der Waals surface area contributed by atoms with Crippen LogP contribution in [0.2, 0.25) is 0 Å². The molecular weight excluding hydrogens is 471 g/mol. The average molecular weight is 493 g/mol. The molecule has 1 atom stereocenters. The summed E-state index contributed by atoms with van der Waals surface area (Å²) in [6, 6.07) is 18.3. The molecule has 35 heavy (non-hydrogen) atoms. The number of carbonyl (C=O) groups is 3. The number of hydrogen-bond donors (Lipinski definition) is 2. The summed E-state index contributed by atoms with van der Waals surface area (Å²) in [5, 5.41) is 11.8. The molecule has 0 aromatic heterocycles. The molecule has 0 bridgehead atoms. The molecule has 3 aromatic rings. The van der Waals surface area contributed by atoms with Gasteiger partial charge in [0, 0.05) is 22.9 Å². The molecule has 0 spiro atoms. The standard InChI is InChI=1S/C26H21FN2O5S/c27-16-9-15(24(30)29-14-35-13-23(29)25(31)32)10-17(11-16)28-26(33)34-12-22-20-7-3-1-5-18(20)19-6-2-4-8-21(19)22/h1-11,22-23H,12-14H2,(H,28,33)(H,31,32)/t23-/m0/s1. The lowest BCUT2D eigenvalue weighted by molar-refractivity contribution is -0.140. The second-order valence-electron chi connectivity index (χ2n) is 8.31. The number of fused-ring (bicyclic) bond motifs is 3. The highest BCUT2D eigenvalue weighted by molar-refractivity contribution is 7.99. The fourth-order valence-electron chi connectivity index (χ4n) is 4.55. The SMILES string of the molecule is O=C(Nc1cc(F)cc(C(=O)N2CSC[C@H]2C(=O)O)c1)OCC1c2ccccc2-c2ccccc21. The lowest BCUT2D eigenvalue weighted by atomic mass is 9.98. The number of thioether (sulfide) groups is 1. The van der Waals surface area contributed by atoms with Crippen LogP contribution in [0.15, 0.2) is 66.7 Å². The van der Waals surface area contributed by atoms with Gasteiger partial charge in [-0.3, -0.25) is 10.1 Å². The summed E-state index contributed by atoms with van der Waals surface area (Å²) in [7, 11) is 0. The normalized spacial score (nSPS) is 16.5. The molecule has 2 aliphatic rings. The number of aliphatic carboxylic acids is 1. The Hall–Kier alpha value is -3.85. The van der Waals surface area contributed by atoms with Crippen molar-refractivity contribution < 1.29 is 28.6 Å². The maximum atomic E-state index is 14.3. The molecule has 0 radical (unpaired) electrons. The van der Waals surface area contributed by atoms with E-state index in [0.29, 0.717) is 0 Å². The van der Waals surface area contributed by atoms with Crippen molar-refractivity contribution in [1.82, 2.24) is 4.90 Å². The molecule has 2 N–H and O–H groups in total. The maximum Gasteiger partial charge on any atom is 0.411 e. The largest absolute Gasteiger partial charge is 0.480 e. The van der Waals surface area contributed by atoms with Gasteiger partial charge in [0.2, 0.25) is 0 Å². The first-order valence-electron chi connectivity index (χ1n) is 11.0. The van der Waals surface area contributed by atoms with Gasteiger partial charge in [0.1, 0.15) is 18.5 Å². The smallest absolute Gasteiger partial charge is 0.411 e. The molecule has 3 aromatic carbocycles. The number of rotatable bonds is 5. The van der Waals surface area contributed by atoms with Crippen molar-refractivity contribution in [2.75, 3.05) is 23.6 Å². The summed E-state index contributed by atoms with van der Waals surface area (Å²) in [6.07, 6.45) is -0.781. The van der Waals surface area contributed by atoms with E-state index in [4.69, 9.17) is 4.74 Å². The zero-order valence-corrected chi connectivity index (χ0v) is 19.3. The minimum Gasteiger partial charge on any atom is -0.480 e. The van der Waals surface area contributed by atoms with Gasteiger partial charge in [-0.2, -0.15) is 0 Å². The Kier molecular flexibility index (Phi) is 6.17. The fourth-order valence-corrected chi connectivity index (χ4v) is 5.70. The first-order chi connectivity index (χ1) is 16.9. The molecule has 1 fully saturated rings. The zero-order valence-electron chi connectivity index (χ0n) is 18.4. The van der Waals surface area contributed by atoms with Gasteiger partial charge in [0.15, 0.2) is 0 Å². The number of benzene rings is 3. The molecule has 1 heterocycles. The predicted molar refractivity (Wildman–Crippen MR) is 130 cm³/mol. The number of halogens is 1. The summed E-state index contributed by atoms with van der Waals surface area (Å²) in [5.41, 5.74) is 4.33. The van der Waals surface area contributed by atoms with Crippen LogP contribution >= 0.6 is 11.8 Å². The van der Waals surface area contributed by atoms with Crippen molar-refractivity contribution in [2.24, 2.45) is 0 Å². The second-order valence-corrected chi connectivity index (χ2v) is 9.31. The Morgan fingerprint density at radius 2 is 1.69 bits per heavy atom. The van der Waals surface area contributed by atoms with Crippen LogP contribution in [0, 0.1) is 5.82 Å². The monoisotopic (exact) mass is 492 g/mol. The number of carbonyl (C=O) groups excluding carboxylic acids is 2. The number of carboxylic acid groups (broad SMARTS) is 1. The quantitative estimate of drug-likeness (QED) is 0.532. The van der Waals surface area contributed by atoms with E-state index in [9.17, 15) is 23.9 Å². The van der Waals surface area contributed by atoms with Crippen LogP contribution in [0.25, 0.3) is 11.1 Å². The average Bonchev–Trinajstić information content (AvgIpc) is 3.45. The highest BCUT2D eigenvalue weighted by Crippen LogP contribution is 2.44. The number of nitrogens with zero attached hydrogens (tertiary/aromatic N) is 1. The van der Waals surface area contributed by atoms with Crippen molar-refractivity contribution in [3.05, 3.63) is 89.2 Å². The van der Waals surface area contributed by atoms with Crippen LogP contribution in [0.1, 0.15) is 27.4 Å².